The molecular weight excluding hydrogens is 454 g/mol. The van der Waals surface area contributed by atoms with Crippen LogP contribution in [0.15, 0.2) is 52.7 Å². The number of nitrogens with zero attached hydrogens (tertiary/aromatic N) is 5. The fourth-order valence-electron chi connectivity index (χ4n) is 3.78. The maximum Gasteiger partial charge on any atom is 0.211 e. The van der Waals surface area contributed by atoms with Gasteiger partial charge < -0.3 is 20.9 Å². The molecule has 188 valence electrons. The number of rotatable bonds is 5. The van der Waals surface area contributed by atoms with Crippen molar-refractivity contribution in [2.45, 2.75) is 51.5 Å². The number of carbonyl (C=O) groups is 1. The molecule has 5 rings (SSSR count). The first-order valence-electron chi connectivity index (χ1n) is 11.9. The fourth-order valence-corrected chi connectivity index (χ4v) is 3.78. The molecule has 5 N–H and O–H groups in total. The van der Waals surface area contributed by atoms with Crippen molar-refractivity contribution >= 4 is 29.7 Å². The number of nitrogens with one attached hydrogen (secondary N) is 3. The molecule has 4 heterocycles. The van der Waals surface area contributed by atoms with Crippen molar-refractivity contribution in [3.05, 3.63) is 59.8 Å². The normalized spacial score (nSPS) is 17.4. The van der Waals surface area contributed by atoms with Gasteiger partial charge in [-0.05, 0) is 63.8 Å². The fraction of sp³-hybridized carbons (Fsp3) is 0.346. The van der Waals surface area contributed by atoms with Crippen LogP contribution in [0.2, 0.25) is 0 Å². The Morgan fingerprint density at radius 3 is 2.67 bits per heavy atom. The van der Waals surface area contributed by atoms with E-state index >= 15 is 0 Å². The van der Waals surface area contributed by atoms with Crippen molar-refractivity contribution in [1.29, 1.82) is 0 Å². The molecule has 3 aromatic rings. The molecule has 1 saturated heterocycles. The standard InChI is InChI=1S/C17H23N7.C7H8N2O.C2H2/c1-11-4-3-9-24(11)17(18)21-16(13-5-2-8-19-13)20-15-10-14(22-23-15)12-6-7-12;1-6-2-3-7(4-8-6)9-5-10;1-2/h2,5,8,10-12,19H,3-4,6-7,9H2,1H3,(H3,18,20,21,22,23);2-5H,1H3,(H,9,10);1-2H/t11-;;/m0../s1. The smallest absolute Gasteiger partial charge is 0.211 e. The van der Waals surface area contributed by atoms with Gasteiger partial charge in [0.2, 0.25) is 6.41 Å². The maximum atomic E-state index is 9.92. The third-order valence-corrected chi connectivity index (χ3v) is 5.87. The molecule has 0 bridgehead atoms. The van der Waals surface area contributed by atoms with E-state index in [9.17, 15) is 4.79 Å². The quantitative estimate of drug-likeness (QED) is 0.188. The number of aryl methyl sites for hydroxylation is 1. The predicted octanol–water partition coefficient (Wildman–Crippen LogP) is 3.70. The number of likely N-dealkylation sites (tertiary alicyclic amines) is 1. The minimum atomic E-state index is 0.422. The minimum Gasteiger partial charge on any atom is -0.369 e. The second kappa shape index (κ2) is 12.9. The summed E-state index contributed by atoms with van der Waals surface area (Å²) in [6, 6.07) is 9.94. The molecule has 1 aliphatic heterocycles. The average Bonchev–Trinajstić information content (AvgIpc) is 3.25. The Morgan fingerprint density at radius 2 is 2.08 bits per heavy atom. The van der Waals surface area contributed by atoms with Gasteiger partial charge >= 0.3 is 0 Å². The van der Waals surface area contributed by atoms with Gasteiger partial charge in [-0.3, -0.25) is 14.9 Å². The van der Waals surface area contributed by atoms with E-state index in [0.29, 0.717) is 36.0 Å². The Balaban J connectivity index is 0.000000253. The van der Waals surface area contributed by atoms with E-state index in [0.717, 1.165) is 42.2 Å². The van der Waals surface area contributed by atoms with Crippen LogP contribution in [0.1, 0.15) is 55.6 Å². The molecule has 36 heavy (non-hydrogen) atoms. The number of terminal acetylenes is 1. The third kappa shape index (κ3) is 7.30. The first-order valence-corrected chi connectivity index (χ1v) is 11.9. The summed E-state index contributed by atoms with van der Waals surface area (Å²) in [6.45, 7) is 5.02. The van der Waals surface area contributed by atoms with E-state index in [1.165, 1.54) is 12.8 Å². The summed E-state index contributed by atoms with van der Waals surface area (Å²) in [5.41, 5.74) is 9.90. The molecule has 0 radical (unpaired) electrons. The van der Waals surface area contributed by atoms with Gasteiger partial charge in [0.05, 0.1) is 17.6 Å². The van der Waals surface area contributed by atoms with Crippen molar-refractivity contribution in [1.82, 2.24) is 25.1 Å². The van der Waals surface area contributed by atoms with Crippen LogP contribution in [0.3, 0.4) is 0 Å². The molecule has 10 heteroatoms. The van der Waals surface area contributed by atoms with Gasteiger partial charge in [0.1, 0.15) is 0 Å². The number of nitrogens with two attached hydrogens (primary N) is 1. The number of pyridine rings is 1. The lowest BCUT2D eigenvalue weighted by molar-refractivity contribution is -0.105. The van der Waals surface area contributed by atoms with Crippen LogP contribution in [0, 0.1) is 19.8 Å². The topological polar surface area (TPSA) is 140 Å². The molecule has 1 aliphatic carbocycles. The Labute approximate surface area is 211 Å². The number of amides is 1. The number of aliphatic imine (C=N–C) groups is 2. The summed E-state index contributed by atoms with van der Waals surface area (Å²) < 4.78 is 0. The lowest BCUT2D eigenvalue weighted by atomic mass is 10.2. The van der Waals surface area contributed by atoms with Gasteiger partial charge in [0, 0.05) is 42.2 Å². The van der Waals surface area contributed by atoms with Crippen molar-refractivity contribution in [3.8, 4) is 12.8 Å². The van der Waals surface area contributed by atoms with Gasteiger partial charge in [0.25, 0.3) is 0 Å². The highest BCUT2D eigenvalue weighted by molar-refractivity contribution is 6.05. The summed E-state index contributed by atoms with van der Waals surface area (Å²) in [5, 5.41) is 9.86. The van der Waals surface area contributed by atoms with Gasteiger partial charge in [-0.1, -0.05) is 0 Å². The monoisotopic (exact) mass is 487 g/mol. The second-order valence-corrected chi connectivity index (χ2v) is 8.58. The van der Waals surface area contributed by atoms with Gasteiger partial charge in [-0.25, -0.2) is 4.99 Å². The summed E-state index contributed by atoms with van der Waals surface area (Å²) in [4.78, 5) is 28.4. The number of amidine groups is 1. The van der Waals surface area contributed by atoms with E-state index in [1.807, 2.05) is 37.4 Å². The number of guanidine groups is 1. The Hall–Kier alpha value is -4.39. The number of aromatic nitrogens is 4. The molecule has 2 aliphatic rings. The van der Waals surface area contributed by atoms with Crippen molar-refractivity contribution in [2.75, 3.05) is 11.9 Å². The highest BCUT2D eigenvalue weighted by atomic mass is 16.1. The van der Waals surface area contributed by atoms with Crippen LogP contribution in [0.25, 0.3) is 0 Å². The molecule has 3 aromatic heterocycles. The maximum absolute atomic E-state index is 9.92. The summed E-state index contributed by atoms with van der Waals surface area (Å²) in [7, 11) is 0. The number of hydrogen-bond donors (Lipinski definition) is 4. The molecule has 10 nitrogen and oxygen atoms in total. The van der Waals surface area contributed by atoms with E-state index in [-0.39, 0.29) is 0 Å². The zero-order chi connectivity index (χ0) is 25.9. The molecule has 1 saturated carbocycles. The first-order chi connectivity index (χ1) is 17.5. The SMILES string of the molecule is C#C.C[C@H]1CCCN1C(N)=NC(=Nc1cc(C2CC2)[nH]n1)c1ccc[nH]1.Cc1ccc(NC=O)cn1. The Kier molecular flexibility index (Phi) is 9.40. The predicted molar refractivity (Wildman–Crippen MR) is 143 cm³/mol. The van der Waals surface area contributed by atoms with Crippen LogP contribution < -0.4 is 11.1 Å². The van der Waals surface area contributed by atoms with Crippen LogP contribution >= 0.6 is 0 Å². The zero-order valence-electron chi connectivity index (χ0n) is 20.7. The Morgan fingerprint density at radius 1 is 1.28 bits per heavy atom. The van der Waals surface area contributed by atoms with Crippen molar-refractivity contribution in [3.63, 3.8) is 0 Å². The van der Waals surface area contributed by atoms with Crippen LogP contribution in [0.4, 0.5) is 11.5 Å². The molecule has 1 atom stereocenters. The summed E-state index contributed by atoms with van der Waals surface area (Å²) in [6.07, 6.45) is 16.9. The van der Waals surface area contributed by atoms with Crippen molar-refractivity contribution < 1.29 is 4.79 Å². The lowest BCUT2D eigenvalue weighted by Crippen LogP contribution is -2.40. The molecule has 0 unspecified atom stereocenters. The number of aromatic amines is 2. The highest BCUT2D eigenvalue weighted by Crippen LogP contribution is 2.39. The second-order valence-electron chi connectivity index (χ2n) is 8.58. The number of hydrogen-bond acceptors (Lipinski definition) is 4. The third-order valence-electron chi connectivity index (χ3n) is 5.87. The molecule has 2 fully saturated rings. The van der Waals surface area contributed by atoms with Gasteiger partial charge in [-0.2, -0.15) is 10.1 Å². The number of anilines is 1. The van der Waals surface area contributed by atoms with E-state index < -0.39 is 0 Å². The van der Waals surface area contributed by atoms with Crippen molar-refractivity contribution in [2.24, 2.45) is 15.7 Å². The van der Waals surface area contributed by atoms with E-state index in [4.69, 9.17) is 5.73 Å². The highest BCUT2D eigenvalue weighted by Gasteiger charge is 2.26. The molecular formula is C26H33N9O. The lowest BCUT2D eigenvalue weighted by Gasteiger charge is -2.22. The summed E-state index contributed by atoms with van der Waals surface area (Å²) >= 11 is 0. The van der Waals surface area contributed by atoms with Crippen LogP contribution in [-0.4, -0.2) is 55.9 Å². The first kappa shape index (κ1) is 26.2. The number of carbonyl (C=O) groups excluding carboxylic acids is 1. The molecule has 0 spiro atoms. The Bertz CT molecular complexity index is 1170. The average molecular weight is 488 g/mol. The van der Waals surface area contributed by atoms with E-state index in [1.54, 1.807) is 12.3 Å². The minimum absolute atomic E-state index is 0.422. The zero-order valence-corrected chi connectivity index (χ0v) is 20.7. The molecule has 1 amide bonds. The van der Waals surface area contributed by atoms with Gasteiger partial charge in [0.15, 0.2) is 17.6 Å². The van der Waals surface area contributed by atoms with Gasteiger partial charge in [-0.15, -0.1) is 12.8 Å². The largest absolute Gasteiger partial charge is 0.369 e. The molecule has 0 aromatic carbocycles. The van der Waals surface area contributed by atoms with Crippen LogP contribution in [-0.2, 0) is 4.79 Å². The van der Waals surface area contributed by atoms with Crippen LogP contribution in [0.5, 0.6) is 0 Å². The number of H-pyrrole nitrogens is 2. The summed E-state index contributed by atoms with van der Waals surface area (Å²) in [5.74, 6) is 2.35. The van der Waals surface area contributed by atoms with E-state index in [2.05, 4.69) is 60.1 Å².